The fourth-order valence-corrected chi connectivity index (χ4v) is 3.25. The SMILES string of the molecule is CCC(=O)N(C)C1CCc2cccc(OC)c2C1C(=O)OC. The van der Waals surface area contributed by atoms with Crippen LogP contribution in [0.2, 0.25) is 0 Å². The van der Waals surface area contributed by atoms with Gasteiger partial charge in [-0.25, -0.2) is 0 Å². The smallest absolute Gasteiger partial charge is 0.315 e. The predicted octanol–water partition coefficient (Wildman–Crippen LogP) is 2.13. The largest absolute Gasteiger partial charge is 0.496 e. The molecule has 1 aromatic carbocycles. The second-order valence-electron chi connectivity index (χ2n) is 5.50. The number of amides is 1. The number of likely N-dealkylation sites (N-methyl/N-ethyl adjacent to an activating group) is 1. The topological polar surface area (TPSA) is 55.8 Å². The molecule has 0 saturated heterocycles. The lowest BCUT2D eigenvalue weighted by molar-refractivity contribution is -0.146. The van der Waals surface area contributed by atoms with E-state index in [2.05, 4.69) is 0 Å². The first-order valence-corrected chi connectivity index (χ1v) is 7.54. The molecule has 0 aliphatic heterocycles. The van der Waals surface area contributed by atoms with Crippen molar-refractivity contribution in [1.82, 2.24) is 4.90 Å². The molecule has 1 aliphatic carbocycles. The Morgan fingerprint density at radius 2 is 2.05 bits per heavy atom. The van der Waals surface area contributed by atoms with E-state index in [1.807, 2.05) is 25.1 Å². The molecule has 0 aromatic heterocycles. The Labute approximate surface area is 131 Å². The van der Waals surface area contributed by atoms with E-state index in [1.54, 1.807) is 19.1 Å². The van der Waals surface area contributed by atoms with Crippen molar-refractivity contribution >= 4 is 11.9 Å². The number of carbonyl (C=O) groups is 2. The number of hydrogen-bond donors (Lipinski definition) is 0. The van der Waals surface area contributed by atoms with Crippen LogP contribution < -0.4 is 4.74 Å². The summed E-state index contributed by atoms with van der Waals surface area (Å²) >= 11 is 0. The Hall–Kier alpha value is -2.04. The van der Waals surface area contributed by atoms with Crippen molar-refractivity contribution in [3.05, 3.63) is 29.3 Å². The van der Waals surface area contributed by atoms with Gasteiger partial charge in [-0.05, 0) is 24.5 Å². The Kier molecular flexibility index (Phi) is 5.06. The predicted molar refractivity (Wildman–Crippen MR) is 82.9 cm³/mol. The molecule has 0 fully saturated rings. The summed E-state index contributed by atoms with van der Waals surface area (Å²) in [5.74, 6) is -0.135. The number of hydrogen-bond acceptors (Lipinski definition) is 4. The lowest BCUT2D eigenvalue weighted by Gasteiger charge is -2.38. The summed E-state index contributed by atoms with van der Waals surface area (Å²) in [6, 6.07) is 5.57. The van der Waals surface area contributed by atoms with E-state index in [9.17, 15) is 9.59 Å². The number of ether oxygens (including phenoxy) is 2. The van der Waals surface area contributed by atoms with Gasteiger partial charge in [-0.15, -0.1) is 0 Å². The van der Waals surface area contributed by atoms with Crippen LogP contribution in [0.25, 0.3) is 0 Å². The zero-order valence-electron chi connectivity index (χ0n) is 13.6. The van der Waals surface area contributed by atoms with Gasteiger partial charge in [0.15, 0.2) is 0 Å². The van der Waals surface area contributed by atoms with E-state index in [-0.39, 0.29) is 17.9 Å². The van der Waals surface area contributed by atoms with Crippen LogP contribution >= 0.6 is 0 Å². The quantitative estimate of drug-likeness (QED) is 0.800. The van der Waals surface area contributed by atoms with Crippen LogP contribution in [0, 0.1) is 0 Å². The Morgan fingerprint density at radius 1 is 1.32 bits per heavy atom. The van der Waals surface area contributed by atoms with E-state index in [0.29, 0.717) is 12.2 Å². The second-order valence-corrected chi connectivity index (χ2v) is 5.50. The third-order valence-electron chi connectivity index (χ3n) is 4.43. The number of nitrogens with zero attached hydrogens (tertiary/aromatic N) is 1. The maximum atomic E-state index is 12.4. The van der Waals surface area contributed by atoms with Crippen LogP contribution in [0.3, 0.4) is 0 Å². The van der Waals surface area contributed by atoms with Crippen molar-refractivity contribution in [2.75, 3.05) is 21.3 Å². The maximum absolute atomic E-state index is 12.4. The molecule has 5 heteroatoms. The highest BCUT2D eigenvalue weighted by Gasteiger charge is 2.40. The van der Waals surface area contributed by atoms with E-state index in [0.717, 1.165) is 24.0 Å². The van der Waals surface area contributed by atoms with Crippen LogP contribution in [0.4, 0.5) is 0 Å². The Balaban J connectivity index is 2.50. The summed E-state index contributed by atoms with van der Waals surface area (Å²) in [7, 11) is 4.73. The molecule has 0 bridgehead atoms. The third kappa shape index (κ3) is 2.80. The van der Waals surface area contributed by atoms with Gasteiger partial charge < -0.3 is 14.4 Å². The average Bonchev–Trinajstić information content (AvgIpc) is 2.57. The van der Waals surface area contributed by atoms with Gasteiger partial charge in [0.05, 0.1) is 14.2 Å². The number of carbonyl (C=O) groups excluding carboxylic acids is 2. The zero-order valence-corrected chi connectivity index (χ0v) is 13.6. The molecule has 0 heterocycles. The number of aryl methyl sites for hydroxylation is 1. The minimum atomic E-state index is -0.509. The van der Waals surface area contributed by atoms with Crippen molar-refractivity contribution in [2.45, 2.75) is 38.1 Å². The van der Waals surface area contributed by atoms with Crippen LogP contribution in [-0.4, -0.2) is 44.1 Å². The average molecular weight is 305 g/mol. The van der Waals surface area contributed by atoms with E-state index >= 15 is 0 Å². The first-order valence-electron chi connectivity index (χ1n) is 7.54. The molecule has 120 valence electrons. The molecule has 22 heavy (non-hydrogen) atoms. The number of esters is 1. The van der Waals surface area contributed by atoms with E-state index < -0.39 is 5.92 Å². The lowest BCUT2D eigenvalue weighted by atomic mass is 9.78. The summed E-state index contributed by atoms with van der Waals surface area (Å²) < 4.78 is 10.4. The molecular weight excluding hydrogens is 282 g/mol. The van der Waals surface area contributed by atoms with Gasteiger partial charge in [0.25, 0.3) is 0 Å². The van der Waals surface area contributed by atoms with Gasteiger partial charge in [0, 0.05) is 25.1 Å². The monoisotopic (exact) mass is 305 g/mol. The highest BCUT2D eigenvalue weighted by molar-refractivity contribution is 5.83. The lowest BCUT2D eigenvalue weighted by Crippen LogP contribution is -2.46. The van der Waals surface area contributed by atoms with Gasteiger partial charge in [0.1, 0.15) is 11.7 Å². The summed E-state index contributed by atoms with van der Waals surface area (Å²) in [5.41, 5.74) is 1.94. The van der Waals surface area contributed by atoms with Crippen molar-refractivity contribution < 1.29 is 19.1 Å². The third-order valence-corrected chi connectivity index (χ3v) is 4.43. The summed E-state index contributed by atoms with van der Waals surface area (Å²) in [5, 5.41) is 0. The van der Waals surface area contributed by atoms with E-state index in [1.165, 1.54) is 7.11 Å². The molecule has 0 saturated carbocycles. The van der Waals surface area contributed by atoms with Crippen molar-refractivity contribution in [2.24, 2.45) is 0 Å². The molecular formula is C17H23NO4. The maximum Gasteiger partial charge on any atom is 0.315 e. The molecule has 2 unspecified atom stereocenters. The molecule has 0 radical (unpaired) electrons. The minimum absolute atomic E-state index is 0.0252. The number of benzene rings is 1. The van der Waals surface area contributed by atoms with Crippen LogP contribution in [0.5, 0.6) is 5.75 Å². The molecule has 2 rings (SSSR count). The number of methoxy groups -OCH3 is 2. The normalized spacial score (nSPS) is 20.0. The number of rotatable bonds is 4. The molecule has 1 amide bonds. The standard InChI is InChI=1S/C17H23NO4/c1-5-14(19)18(2)12-10-9-11-7-6-8-13(21-3)15(11)16(12)17(20)22-4/h6-8,12,16H,5,9-10H2,1-4H3. The van der Waals surface area contributed by atoms with Crippen molar-refractivity contribution in [3.8, 4) is 5.75 Å². The molecule has 5 nitrogen and oxygen atoms in total. The highest BCUT2D eigenvalue weighted by atomic mass is 16.5. The van der Waals surface area contributed by atoms with Gasteiger partial charge in [-0.3, -0.25) is 9.59 Å². The fourth-order valence-electron chi connectivity index (χ4n) is 3.25. The first-order chi connectivity index (χ1) is 10.5. The molecule has 2 atom stereocenters. The Morgan fingerprint density at radius 3 is 2.64 bits per heavy atom. The van der Waals surface area contributed by atoms with E-state index in [4.69, 9.17) is 9.47 Å². The minimum Gasteiger partial charge on any atom is -0.496 e. The summed E-state index contributed by atoms with van der Waals surface area (Å²) in [6.07, 6.45) is 1.97. The van der Waals surface area contributed by atoms with Gasteiger partial charge in [-0.2, -0.15) is 0 Å². The second kappa shape index (κ2) is 6.81. The highest BCUT2D eigenvalue weighted by Crippen LogP contribution is 2.40. The summed E-state index contributed by atoms with van der Waals surface area (Å²) in [4.78, 5) is 26.2. The molecule has 0 N–H and O–H groups in total. The first kappa shape index (κ1) is 16.3. The van der Waals surface area contributed by atoms with Gasteiger partial charge in [0.2, 0.25) is 5.91 Å². The molecule has 1 aliphatic rings. The van der Waals surface area contributed by atoms with Gasteiger partial charge in [-0.1, -0.05) is 19.1 Å². The van der Waals surface area contributed by atoms with Crippen molar-refractivity contribution in [3.63, 3.8) is 0 Å². The fraction of sp³-hybridized carbons (Fsp3) is 0.529. The van der Waals surface area contributed by atoms with Crippen LogP contribution in [-0.2, 0) is 20.7 Å². The summed E-state index contributed by atoms with van der Waals surface area (Å²) in [6.45, 7) is 1.82. The Bertz CT molecular complexity index is 556. The molecule has 1 aromatic rings. The zero-order chi connectivity index (χ0) is 16.3. The number of fused-ring (bicyclic) bond motifs is 1. The molecule has 0 spiro atoms. The van der Waals surface area contributed by atoms with Gasteiger partial charge >= 0.3 is 5.97 Å². The van der Waals surface area contributed by atoms with Crippen LogP contribution in [0.1, 0.15) is 36.8 Å². The van der Waals surface area contributed by atoms with Crippen molar-refractivity contribution in [1.29, 1.82) is 0 Å². The van der Waals surface area contributed by atoms with Crippen LogP contribution in [0.15, 0.2) is 18.2 Å².